The van der Waals surface area contributed by atoms with Crippen LogP contribution < -0.4 is 5.32 Å². The molecule has 0 radical (unpaired) electrons. The maximum absolute atomic E-state index is 12.8. The molecule has 2 N–H and O–H groups in total. The van der Waals surface area contributed by atoms with Crippen molar-refractivity contribution in [3.8, 4) is 11.1 Å². The SMILES string of the molecule is CCC[C@H](CC(=O)N(CC)C(C)CC(=O)O)NC(=O)OCC1c2ccccc2-c2ccccc21. The molecule has 1 aliphatic rings. The highest BCUT2D eigenvalue weighted by atomic mass is 16.5. The Kier molecular flexibility index (Phi) is 8.68. The van der Waals surface area contributed by atoms with Gasteiger partial charge in [-0.1, -0.05) is 61.9 Å². The van der Waals surface area contributed by atoms with E-state index in [1.165, 1.54) is 0 Å². The molecule has 1 aliphatic carbocycles. The van der Waals surface area contributed by atoms with E-state index in [1.54, 1.807) is 11.8 Å². The van der Waals surface area contributed by atoms with E-state index < -0.39 is 18.1 Å². The Morgan fingerprint density at radius 2 is 1.59 bits per heavy atom. The zero-order chi connectivity index (χ0) is 24.7. The molecule has 2 atom stereocenters. The van der Waals surface area contributed by atoms with E-state index in [0.29, 0.717) is 13.0 Å². The summed E-state index contributed by atoms with van der Waals surface area (Å²) >= 11 is 0. The molecule has 0 aliphatic heterocycles. The lowest BCUT2D eigenvalue weighted by Crippen LogP contribution is -2.44. The van der Waals surface area contributed by atoms with Gasteiger partial charge in [-0.25, -0.2) is 4.79 Å². The quantitative estimate of drug-likeness (QED) is 0.496. The van der Waals surface area contributed by atoms with E-state index in [2.05, 4.69) is 29.6 Å². The number of benzene rings is 2. The molecular formula is C27H34N2O5. The Morgan fingerprint density at radius 3 is 2.12 bits per heavy atom. The van der Waals surface area contributed by atoms with Crippen LogP contribution in [0.3, 0.4) is 0 Å². The van der Waals surface area contributed by atoms with E-state index in [9.17, 15) is 14.4 Å². The molecular weight excluding hydrogens is 432 g/mol. The number of hydrogen-bond donors (Lipinski definition) is 2. The Morgan fingerprint density at radius 1 is 1.00 bits per heavy atom. The number of aliphatic carboxylic acids is 1. The number of fused-ring (bicyclic) bond motifs is 3. The van der Waals surface area contributed by atoms with Crippen molar-refractivity contribution < 1.29 is 24.2 Å². The molecule has 0 aromatic heterocycles. The molecule has 0 bridgehead atoms. The maximum atomic E-state index is 12.8. The predicted molar refractivity (Wildman–Crippen MR) is 131 cm³/mol. The van der Waals surface area contributed by atoms with Gasteiger partial charge in [-0.2, -0.15) is 0 Å². The Labute approximate surface area is 201 Å². The summed E-state index contributed by atoms with van der Waals surface area (Å²) in [5, 5.41) is 11.9. The molecule has 34 heavy (non-hydrogen) atoms. The number of ether oxygens (including phenoxy) is 1. The van der Waals surface area contributed by atoms with E-state index in [1.807, 2.05) is 38.1 Å². The molecule has 1 unspecified atom stereocenters. The third-order valence-corrected chi connectivity index (χ3v) is 6.39. The van der Waals surface area contributed by atoms with Gasteiger partial charge in [-0.3, -0.25) is 9.59 Å². The first-order chi connectivity index (χ1) is 16.3. The van der Waals surface area contributed by atoms with Crippen LogP contribution in [0.1, 0.15) is 63.5 Å². The van der Waals surface area contributed by atoms with E-state index >= 15 is 0 Å². The van der Waals surface area contributed by atoms with Crippen molar-refractivity contribution in [2.24, 2.45) is 0 Å². The van der Waals surface area contributed by atoms with Gasteiger partial charge >= 0.3 is 12.1 Å². The molecule has 182 valence electrons. The summed E-state index contributed by atoms with van der Waals surface area (Å²) in [6.45, 7) is 6.16. The van der Waals surface area contributed by atoms with Gasteiger partial charge in [-0.05, 0) is 42.5 Å². The topological polar surface area (TPSA) is 95.9 Å². The minimum Gasteiger partial charge on any atom is -0.481 e. The predicted octanol–water partition coefficient (Wildman–Crippen LogP) is 4.80. The lowest BCUT2D eigenvalue weighted by molar-refractivity contribution is -0.140. The van der Waals surface area contributed by atoms with Crippen LogP contribution in [-0.2, 0) is 14.3 Å². The molecule has 3 rings (SSSR count). The first-order valence-electron chi connectivity index (χ1n) is 12.0. The van der Waals surface area contributed by atoms with Crippen LogP contribution in [0.15, 0.2) is 48.5 Å². The van der Waals surface area contributed by atoms with Gasteiger partial charge in [0.15, 0.2) is 0 Å². The minimum absolute atomic E-state index is 0.0307. The molecule has 7 nitrogen and oxygen atoms in total. The lowest BCUT2D eigenvalue weighted by Gasteiger charge is -2.29. The number of carboxylic acids is 1. The Bertz CT molecular complexity index is 976. The fourth-order valence-electron chi connectivity index (χ4n) is 4.81. The number of alkyl carbamates (subject to hydrolysis) is 1. The second kappa shape index (κ2) is 11.7. The highest BCUT2D eigenvalue weighted by Crippen LogP contribution is 2.44. The normalized spacial score (nSPS) is 14.0. The summed E-state index contributed by atoms with van der Waals surface area (Å²) in [6, 6.07) is 15.5. The number of nitrogens with zero attached hydrogens (tertiary/aromatic N) is 1. The summed E-state index contributed by atoms with van der Waals surface area (Å²) in [5.74, 6) is -1.15. The van der Waals surface area contributed by atoms with E-state index in [0.717, 1.165) is 28.7 Å². The van der Waals surface area contributed by atoms with Crippen molar-refractivity contribution >= 4 is 18.0 Å². The molecule has 2 amide bonds. The van der Waals surface area contributed by atoms with Crippen molar-refractivity contribution in [3.63, 3.8) is 0 Å². The summed E-state index contributed by atoms with van der Waals surface area (Å²) in [6.07, 6.45) is 0.863. The third kappa shape index (κ3) is 5.95. The van der Waals surface area contributed by atoms with Gasteiger partial charge in [0.2, 0.25) is 5.91 Å². The van der Waals surface area contributed by atoms with Gasteiger partial charge in [0.25, 0.3) is 0 Å². The maximum Gasteiger partial charge on any atom is 0.407 e. The molecule has 2 aromatic rings. The number of hydrogen-bond acceptors (Lipinski definition) is 4. The van der Waals surface area contributed by atoms with Crippen molar-refractivity contribution in [1.29, 1.82) is 0 Å². The Hall–Kier alpha value is -3.35. The van der Waals surface area contributed by atoms with Crippen LogP contribution in [-0.4, -0.2) is 53.2 Å². The number of rotatable bonds is 11. The van der Waals surface area contributed by atoms with Crippen LogP contribution in [0.5, 0.6) is 0 Å². The first-order valence-corrected chi connectivity index (χ1v) is 12.0. The molecule has 7 heteroatoms. The largest absolute Gasteiger partial charge is 0.481 e. The van der Waals surface area contributed by atoms with Crippen LogP contribution in [0, 0.1) is 0 Å². The minimum atomic E-state index is -0.944. The van der Waals surface area contributed by atoms with Crippen LogP contribution in [0.4, 0.5) is 4.79 Å². The second-order valence-electron chi connectivity index (χ2n) is 8.79. The second-order valence-corrected chi connectivity index (χ2v) is 8.79. The van der Waals surface area contributed by atoms with Crippen molar-refractivity contribution in [1.82, 2.24) is 10.2 Å². The fourth-order valence-corrected chi connectivity index (χ4v) is 4.81. The molecule has 0 heterocycles. The van der Waals surface area contributed by atoms with E-state index in [-0.39, 0.29) is 37.3 Å². The molecule has 2 aromatic carbocycles. The molecule has 0 fully saturated rings. The summed E-state index contributed by atoms with van der Waals surface area (Å²) in [5.41, 5.74) is 4.61. The molecule has 0 saturated heterocycles. The summed E-state index contributed by atoms with van der Waals surface area (Å²) in [7, 11) is 0. The summed E-state index contributed by atoms with van der Waals surface area (Å²) < 4.78 is 5.63. The molecule has 0 spiro atoms. The van der Waals surface area contributed by atoms with Gasteiger partial charge in [0.1, 0.15) is 6.61 Å². The average Bonchev–Trinajstić information content (AvgIpc) is 3.11. The smallest absolute Gasteiger partial charge is 0.407 e. The van der Waals surface area contributed by atoms with Gasteiger partial charge in [-0.15, -0.1) is 0 Å². The molecule has 0 saturated carbocycles. The number of carbonyl (C=O) groups excluding carboxylic acids is 2. The number of amides is 2. The Balaban J connectivity index is 1.61. The van der Waals surface area contributed by atoms with Gasteiger partial charge in [0.05, 0.1) is 6.42 Å². The van der Waals surface area contributed by atoms with Gasteiger partial charge in [0, 0.05) is 31.0 Å². The highest BCUT2D eigenvalue weighted by Gasteiger charge is 2.30. The number of nitrogens with one attached hydrogen (secondary N) is 1. The lowest BCUT2D eigenvalue weighted by atomic mass is 9.98. The highest BCUT2D eigenvalue weighted by molar-refractivity contribution is 5.80. The first kappa shape index (κ1) is 25.3. The standard InChI is InChI=1S/C27H34N2O5/c1-4-10-19(16-25(30)29(5-2)18(3)15-26(31)32)28-27(33)34-17-24-22-13-8-6-11-20(22)21-12-7-9-14-23(21)24/h6-9,11-14,18-19,24H,4-5,10,15-17H2,1-3H3,(H,28,33)(H,31,32)/t18?,19-/m1/s1. The third-order valence-electron chi connectivity index (χ3n) is 6.39. The summed E-state index contributed by atoms with van der Waals surface area (Å²) in [4.78, 5) is 38.1. The number of carbonyl (C=O) groups is 3. The van der Waals surface area contributed by atoms with Crippen LogP contribution >= 0.6 is 0 Å². The van der Waals surface area contributed by atoms with Crippen molar-refractivity contribution in [2.45, 2.75) is 64.5 Å². The monoisotopic (exact) mass is 466 g/mol. The zero-order valence-corrected chi connectivity index (χ0v) is 20.1. The van der Waals surface area contributed by atoms with Crippen LogP contribution in [0.2, 0.25) is 0 Å². The van der Waals surface area contributed by atoms with Crippen LogP contribution in [0.25, 0.3) is 11.1 Å². The fraction of sp³-hybridized carbons (Fsp3) is 0.444. The van der Waals surface area contributed by atoms with Crippen molar-refractivity contribution in [2.75, 3.05) is 13.2 Å². The number of carboxylic acid groups (broad SMARTS) is 1. The van der Waals surface area contributed by atoms with E-state index in [4.69, 9.17) is 9.84 Å². The van der Waals surface area contributed by atoms with Crippen molar-refractivity contribution in [3.05, 3.63) is 59.7 Å². The zero-order valence-electron chi connectivity index (χ0n) is 20.1. The van der Waals surface area contributed by atoms with Gasteiger partial charge < -0.3 is 20.1 Å². The average molecular weight is 467 g/mol.